The topological polar surface area (TPSA) is 43.9 Å². The van der Waals surface area contributed by atoms with Gasteiger partial charge < -0.3 is 14.7 Å². The fourth-order valence-corrected chi connectivity index (χ4v) is 6.15. The van der Waals surface area contributed by atoms with Crippen molar-refractivity contribution in [2.45, 2.75) is 63.3 Å². The first-order valence-electron chi connectivity index (χ1n) is 11.6. The molecule has 1 aromatic rings. The van der Waals surface area contributed by atoms with E-state index in [1.807, 2.05) is 9.80 Å². The molecular weight excluding hydrogens is 381 g/mol. The fraction of sp³-hybridized carbons (Fsp3) is 0.667. The Kier molecular flexibility index (Phi) is 5.08. The van der Waals surface area contributed by atoms with Crippen LogP contribution in [0.4, 0.5) is 10.1 Å². The average Bonchev–Trinajstić information content (AvgIpc) is 3.01. The van der Waals surface area contributed by atoms with E-state index in [0.717, 1.165) is 82.4 Å². The molecule has 1 aliphatic carbocycles. The second-order valence-corrected chi connectivity index (χ2v) is 9.77. The first-order chi connectivity index (χ1) is 14.5. The van der Waals surface area contributed by atoms with Crippen LogP contribution in [0.1, 0.15) is 57.4 Å². The number of piperidine rings is 1. The Morgan fingerprint density at radius 1 is 1.03 bits per heavy atom. The molecule has 1 saturated carbocycles. The Morgan fingerprint density at radius 3 is 2.33 bits per heavy atom. The molecule has 0 N–H and O–H groups in total. The highest BCUT2D eigenvalue weighted by Crippen LogP contribution is 2.48. The predicted molar refractivity (Wildman–Crippen MR) is 114 cm³/mol. The van der Waals surface area contributed by atoms with E-state index in [1.165, 1.54) is 6.07 Å². The summed E-state index contributed by atoms with van der Waals surface area (Å²) < 4.78 is 14.0. The first kappa shape index (κ1) is 20.0. The highest BCUT2D eigenvalue weighted by Gasteiger charge is 2.47. The van der Waals surface area contributed by atoms with Gasteiger partial charge in [0.25, 0.3) is 0 Å². The summed E-state index contributed by atoms with van der Waals surface area (Å²) in [5.41, 5.74) is 1.79. The minimum Gasteiger partial charge on any atom is -0.342 e. The van der Waals surface area contributed by atoms with Crippen molar-refractivity contribution in [3.63, 3.8) is 0 Å². The Bertz CT molecular complexity index is 837. The van der Waals surface area contributed by atoms with E-state index in [-0.39, 0.29) is 23.1 Å². The summed E-state index contributed by atoms with van der Waals surface area (Å²) in [6.45, 7) is 6.14. The van der Waals surface area contributed by atoms with Gasteiger partial charge in [0.15, 0.2) is 0 Å². The van der Waals surface area contributed by atoms with E-state index >= 15 is 0 Å². The Labute approximate surface area is 178 Å². The van der Waals surface area contributed by atoms with Gasteiger partial charge in [-0.25, -0.2) is 4.39 Å². The van der Waals surface area contributed by atoms with E-state index in [9.17, 15) is 14.0 Å². The number of likely N-dealkylation sites (tertiary alicyclic amines) is 2. The second kappa shape index (κ2) is 7.63. The molecule has 162 valence electrons. The van der Waals surface area contributed by atoms with Gasteiger partial charge >= 0.3 is 0 Å². The van der Waals surface area contributed by atoms with Gasteiger partial charge in [-0.05, 0) is 81.8 Å². The van der Waals surface area contributed by atoms with Gasteiger partial charge in [0.05, 0.1) is 0 Å². The normalized spacial score (nSPS) is 28.3. The average molecular weight is 414 g/mol. The quantitative estimate of drug-likeness (QED) is 0.747. The molecule has 0 atom stereocenters. The Hall–Kier alpha value is -1.95. The van der Waals surface area contributed by atoms with Crippen molar-refractivity contribution in [3.8, 4) is 0 Å². The maximum Gasteiger partial charge on any atom is 0.225 e. The Morgan fingerprint density at radius 2 is 1.73 bits per heavy atom. The smallest absolute Gasteiger partial charge is 0.225 e. The monoisotopic (exact) mass is 413 g/mol. The molecule has 2 amide bonds. The van der Waals surface area contributed by atoms with Crippen LogP contribution in [-0.2, 0) is 15.0 Å². The summed E-state index contributed by atoms with van der Waals surface area (Å²) in [6.07, 6.45) is 7.29. The minimum atomic E-state index is -0.217. The SMILES string of the molecule is CC(=O)N1CC2(CCN(C3CCC(C(=O)N4CCC4)CC3)CC2)c2cc(F)ccc21. The highest BCUT2D eigenvalue weighted by molar-refractivity contribution is 5.94. The van der Waals surface area contributed by atoms with Crippen LogP contribution in [0.2, 0.25) is 0 Å². The molecule has 0 radical (unpaired) electrons. The van der Waals surface area contributed by atoms with E-state index in [2.05, 4.69) is 4.90 Å². The zero-order valence-corrected chi connectivity index (χ0v) is 17.9. The number of benzene rings is 1. The molecule has 3 fully saturated rings. The number of rotatable bonds is 2. The lowest BCUT2D eigenvalue weighted by molar-refractivity contribution is -0.140. The number of carbonyl (C=O) groups excluding carboxylic acids is 2. The van der Waals surface area contributed by atoms with Crippen molar-refractivity contribution >= 4 is 17.5 Å². The molecule has 3 aliphatic heterocycles. The first-order valence-corrected chi connectivity index (χ1v) is 11.6. The molecule has 3 heterocycles. The number of fused-ring (bicyclic) bond motifs is 2. The van der Waals surface area contributed by atoms with Crippen LogP contribution in [0.3, 0.4) is 0 Å². The lowest BCUT2D eigenvalue weighted by Crippen LogP contribution is -2.51. The van der Waals surface area contributed by atoms with Crippen molar-refractivity contribution in [3.05, 3.63) is 29.6 Å². The molecule has 2 saturated heterocycles. The molecule has 5 nitrogen and oxygen atoms in total. The van der Waals surface area contributed by atoms with Crippen LogP contribution in [0, 0.1) is 11.7 Å². The largest absolute Gasteiger partial charge is 0.342 e. The van der Waals surface area contributed by atoms with E-state index in [1.54, 1.807) is 19.1 Å². The number of amides is 2. The van der Waals surface area contributed by atoms with Crippen LogP contribution in [-0.4, -0.2) is 60.4 Å². The molecule has 0 unspecified atom stereocenters. The van der Waals surface area contributed by atoms with Crippen LogP contribution in [0.25, 0.3) is 0 Å². The summed E-state index contributed by atoms with van der Waals surface area (Å²) in [5, 5.41) is 0. The third-order valence-corrected chi connectivity index (χ3v) is 8.15. The van der Waals surface area contributed by atoms with Crippen molar-refractivity contribution in [1.29, 1.82) is 0 Å². The number of halogens is 1. The van der Waals surface area contributed by atoms with Crippen molar-refractivity contribution in [1.82, 2.24) is 9.80 Å². The molecule has 4 aliphatic rings. The number of hydrogen-bond acceptors (Lipinski definition) is 3. The van der Waals surface area contributed by atoms with Crippen molar-refractivity contribution in [2.24, 2.45) is 5.92 Å². The third kappa shape index (κ3) is 3.33. The second-order valence-electron chi connectivity index (χ2n) is 9.77. The summed E-state index contributed by atoms with van der Waals surface area (Å²) in [7, 11) is 0. The minimum absolute atomic E-state index is 0.0346. The molecular formula is C24H32FN3O2. The molecule has 1 spiro atoms. The molecule has 0 bridgehead atoms. The maximum atomic E-state index is 14.0. The summed E-state index contributed by atoms with van der Waals surface area (Å²) in [5.74, 6) is 0.427. The lowest BCUT2D eigenvalue weighted by atomic mass is 9.73. The third-order valence-electron chi connectivity index (χ3n) is 8.15. The van der Waals surface area contributed by atoms with E-state index in [0.29, 0.717) is 18.5 Å². The molecule has 6 heteroatoms. The van der Waals surface area contributed by atoms with Crippen LogP contribution < -0.4 is 4.90 Å². The predicted octanol–water partition coefficient (Wildman–Crippen LogP) is 3.32. The molecule has 30 heavy (non-hydrogen) atoms. The van der Waals surface area contributed by atoms with Gasteiger partial charge in [-0.15, -0.1) is 0 Å². The standard InChI is InChI=1S/C24H32FN3O2/c1-17(29)28-16-24(21-15-19(25)5-8-22(21)28)9-13-26(14-10-24)20-6-3-18(4-7-20)23(30)27-11-2-12-27/h5,8,15,18,20H,2-4,6-7,9-14,16H2,1H3. The molecule has 1 aromatic carbocycles. The van der Waals surface area contributed by atoms with Gasteiger partial charge in [-0.2, -0.15) is 0 Å². The van der Waals surface area contributed by atoms with Crippen molar-refractivity contribution < 1.29 is 14.0 Å². The fourth-order valence-electron chi connectivity index (χ4n) is 6.15. The summed E-state index contributed by atoms with van der Waals surface area (Å²) in [4.78, 5) is 31.1. The van der Waals surface area contributed by atoms with Gasteiger partial charge in [0.1, 0.15) is 5.82 Å². The summed E-state index contributed by atoms with van der Waals surface area (Å²) in [6, 6.07) is 5.44. The number of hydrogen-bond donors (Lipinski definition) is 0. The van der Waals surface area contributed by atoms with E-state index < -0.39 is 0 Å². The van der Waals surface area contributed by atoms with E-state index in [4.69, 9.17) is 0 Å². The summed E-state index contributed by atoms with van der Waals surface area (Å²) >= 11 is 0. The van der Waals surface area contributed by atoms with Crippen LogP contribution >= 0.6 is 0 Å². The zero-order valence-electron chi connectivity index (χ0n) is 17.9. The van der Waals surface area contributed by atoms with Gasteiger partial charge in [-0.3, -0.25) is 9.59 Å². The zero-order chi connectivity index (χ0) is 20.9. The molecule has 0 aromatic heterocycles. The maximum absolute atomic E-state index is 14.0. The van der Waals surface area contributed by atoms with Crippen molar-refractivity contribution in [2.75, 3.05) is 37.6 Å². The van der Waals surface area contributed by atoms with Gasteiger partial charge in [-0.1, -0.05) is 0 Å². The number of nitrogens with zero attached hydrogens (tertiary/aromatic N) is 3. The number of anilines is 1. The van der Waals surface area contributed by atoms with Gasteiger partial charge in [0, 0.05) is 49.6 Å². The lowest BCUT2D eigenvalue weighted by Gasteiger charge is -2.45. The Balaban J connectivity index is 1.22. The van der Waals surface area contributed by atoms with Gasteiger partial charge in [0.2, 0.25) is 11.8 Å². The van der Waals surface area contributed by atoms with Crippen LogP contribution in [0.5, 0.6) is 0 Å². The van der Waals surface area contributed by atoms with Crippen LogP contribution in [0.15, 0.2) is 18.2 Å². The molecule has 5 rings (SSSR count). The highest BCUT2D eigenvalue weighted by atomic mass is 19.1. The number of carbonyl (C=O) groups is 2.